The molecule has 1 atom stereocenters. The number of pyridine rings is 1. The van der Waals surface area contributed by atoms with Gasteiger partial charge in [0.15, 0.2) is 0 Å². The van der Waals surface area contributed by atoms with Crippen molar-refractivity contribution < 1.29 is 0 Å². The maximum absolute atomic E-state index is 4.55. The van der Waals surface area contributed by atoms with Gasteiger partial charge in [0.25, 0.3) is 0 Å². The highest BCUT2D eigenvalue weighted by Crippen LogP contribution is 2.24. The van der Waals surface area contributed by atoms with E-state index in [1.807, 2.05) is 12.3 Å². The van der Waals surface area contributed by atoms with Crippen LogP contribution < -0.4 is 5.32 Å². The number of benzene rings is 1. The molecule has 1 unspecified atom stereocenters. The fraction of sp³-hybridized carbons (Fsp3) is 0.400. The zero-order chi connectivity index (χ0) is 11.5. The summed E-state index contributed by atoms with van der Waals surface area (Å²) in [4.78, 5) is 4.55. The minimum absolute atomic E-state index is 0.495. The Morgan fingerprint density at radius 3 is 3.06 bits per heavy atom. The fourth-order valence-electron chi connectivity index (χ4n) is 2.59. The van der Waals surface area contributed by atoms with Crippen LogP contribution in [0.25, 0.3) is 10.9 Å². The number of nitrogens with one attached hydrogen (secondary N) is 1. The lowest BCUT2D eigenvalue weighted by atomic mass is 10.0. The molecule has 2 nitrogen and oxygen atoms in total. The summed E-state index contributed by atoms with van der Waals surface area (Å²) in [6.07, 6.45) is 7.25. The van der Waals surface area contributed by atoms with Crippen LogP contribution in [0.3, 0.4) is 0 Å². The van der Waals surface area contributed by atoms with E-state index in [0.717, 1.165) is 12.1 Å². The number of fused-ring (bicyclic) bond motifs is 1. The molecule has 2 aromatic rings. The van der Waals surface area contributed by atoms with Crippen LogP contribution in [0, 0.1) is 0 Å². The summed E-state index contributed by atoms with van der Waals surface area (Å²) in [6.45, 7) is 1.14. The van der Waals surface area contributed by atoms with E-state index in [1.165, 1.54) is 36.6 Å². The Kier molecular flexibility index (Phi) is 3.06. The topological polar surface area (TPSA) is 24.9 Å². The molecule has 1 N–H and O–H groups in total. The molecule has 2 heterocycles. The third-order valence-electron chi connectivity index (χ3n) is 3.57. The van der Waals surface area contributed by atoms with Gasteiger partial charge in [-0.1, -0.05) is 31.0 Å². The fourth-order valence-corrected chi connectivity index (χ4v) is 2.59. The number of rotatable bonds is 1. The molecule has 1 aromatic carbocycles. The molecule has 88 valence electrons. The van der Waals surface area contributed by atoms with Gasteiger partial charge in [0.05, 0.1) is 5.52 Å². The third-order valence-corrected chi connectivity index (χ3v) is 3.57. The third kappa shape index (κ3) is 2.32. The Hall–Kier alpha value is -1.41. The maximum Gasteiger partial charge on any atom is 0.0702 e. The van der Waals surface area contributed by atoms with E-state index < -0.39 is 0 Å². The normalized spacial score (nSPS) is 21.3. The van der Waals surface area contributed by atoms with Crippen LogP contribution in [-0.2, 0) is 0 Å². The lowest BCUT2D eigenvalue weighted by Gasteiger charge is -2.16. The monoisotopic (exact) mass is 226 g/mol. The number of aromatic nitrogens is 1. The zero-order valence-electron chi connectivity index (χ0n) is 10.0. The van der Waals surface area contributed by atoms with Crippen molar-refractivity contribution in [3.63, 3.8) is 0 Å². The van der Waals surface area contributed by atoms with E-state index in [-0.39, 0.29) is 0 Å². The Labute approximate surface area is 102 Å². The van der Waals surface area contributed by atoms with Crippen LogP contribution in [0.4, 0.5) is 0 Å². The van der Waals surface area contributed by atoms with Gasteiger partial charge in [0.1, 0.15) is 0 Å². The Morgan fingerprint density at radius 1 is 1.12 bits per heavy atom. The molecule has 17 heavy (non-hydrogen) atoms. The molecular formula is C15H18N2. The van der Waals surface area contributed by atoms with Gasteiger partial charge < -0.3 is 5.32 Å². The van der Waals surface area contributed by atoms with E-state index in [2.05, 4.69) is 34.6 Å². The van der Waals surface area contributed by atoms with Crippen molar-refractivity contribution in [2.75, 3.05) is 6.54 Å². The second-order valence-electron chi connectivity index (χ2n) is 4.82. The first kappa shape index (κ1) is 10.7. The lowest BCUT2D eigenvalue weighted by Crippen LogP contribution is -2.20. The molecule has 1 aliphatic heterocycles. The Balaban J connectivity index is 1.93. The van der Waals surface area contributed by atoms with Gasteiger partial charge in [-0.25, -0.2) is 0 Å². The molecule has 3 rings (SSSR count). The first-order chi connectivity index (χ1) is 8.43. The van der Waals surface area contributed by atoms with Gasteiger partial charge >= 0.3 is 0 Å². The van der Waals surface area contributed by atoms with E-state index in [1.54, 1.807) is 0 Å². The van der Waals surface area contributed by atoms with Crippen LogP contribution >= 0.6 is 0 Å². The number of para-hydroxylation sites is 1. The molecule has 2 heteroatoms. The van der Waals surface area contributed by atoms with Gasteiger partial charge in [-0.15, -0.1) is 0 Å². The van der Waals surface area contributed by atoms with Crippen molar-refractivity contribution >= 4 is 10.9 Å². The summed E-state index contributed by atoms with van der Waals surface area (Å²) < 4.78 is 0. The average Bonchev–Trinajstić information content (AvgIpc) is 2.67. The molecule has 0 bridgehead atoms. The summed E-state index contributed by atoms with van der Waals surface area (Å²) in [5.41, 5.74) is 2.43. The Bertz CT molecular complexity index is 499. The van der Waals surface area contributed by atoms with Crippen molar-refractivity contribution in [2.45, 2.75) is 31.7 Å². The van der Waals surface area contributed by atoms with Crippen molar-refractivity contribution in [3.8, 4) is 0 Å². The predicted molar refractivity (Wildman–Crippen MR) is 71.0 cm³/mol. The number of hydrogen-bond acceptors (Lipinski definition) is 2. The molecule has 1 saturated heterocycles. The van der Waals surface area contributed by atoms with Crippen LogP contribution in [0.2, 0.25) is 0 Å². The van der Waals surface area contributed by atoms with Crippen LogP contribution in [0.15, 0.2) is 36.5 Å². The summed E-state index contributed by atoms with van der Waals surface area (Å²) in [5.74, 6) is 0. The lowest BCUT2D eigenvalue weighted by molar-refractivity contribution is 0.534. The first-order valence-corrected chi connectivity index (χ1v) is 6.51. The maximum atomic E-state index is 4.55. The molecule has 1 aliphatic rings. The molecule has 1 fully saturated rings. The molecule has 0 radical (unpaired) electrons. The van der Waals surface area contributed by atoms with Gasteiger partial charge in [-0.3, -0.25) is 4.98 Å². The van der Waals surface area contributed by atoms with E-state index in [0.29, 0.717) is 6.04 Å². The zero-order valence-corrected chi connectivity index (χ0v) is 10.0. The van der Waals surface area contributed by atoms with E-state index in [9.17, 15) is 0 Å². The molecule has 0 aliphatic carbocycles. The van der Waals surface area contributed by atoms with Crippen LogP contribution in [0.1, 0.15) is 37.3 Å². The van der Waals surface area contributed by atoms with Gasteiger partial charge in [0, 0.05) is 17.6 Å². The quantitative estimate of drug-likeness (QED) is 0.805. The molecular weight excluding hydrogens is 208 g/mol. The number of nitrogens with zero attached hydrogens (tertiary/aromatic N) is 1. The van der Waals surface area contributed by atoms with Gasteiger partial charge in [-0.05, 0) is 37.1 Å². The summed E-state index contributed by atoms with van der Waals surface area (Å²) in [7, 11) is 0. The van der Waals surface area contributed by atoms with Crippen molar-refractivity contribution in [2.24, 2.45) is 0 Å². The molecule has 0 saturated carbocycles. The molecule has 0 spiro atoms. The standard InChI is InChI=1S/C15H18N2/c1-2-7-15(16-9-5-1)13-10-12-6-3-4-8-14(12)17-11-13/h3-4,6,8,10-11,15-16H,1-2,5,7,9H2. The molecule has 1 aromatic heterocycles. The van der Waals surface area contributed by atoms with E-state index >= 15 is 0 Å². The van der Waals surface area contributed by atoms with Crippen molar-refractivity contribution in [3.05, 3.63) is 42.1 Å². The van der Waals surface area contributed by atoms with E-state index in [4.69, 9.17) is 0 Å². The van der Waals surface area contributed by atoms with Crippen molar-refractivity contribution in [1.29, 1.82) is 0 Å². The largest absolute Gasteiger partial charge is 0.310 e. The number of hydrogen-bond donors (Lipinski definition) is 1. The Morgan fingerprint density at radius 2 is 2.06 bits per heavy atom. The highest BCUT2D eigenvalue weighted by atomic mass is 14.9. The van der Waals surface area contributed by atoms with Gasteiger partial charge in [0.2, 0.25) is 0 Å². The highest BCUT2D eigenvalue weighted by molar-refractivity contribution is 5.78. The summed E-state index contributed by atoms with van der Waals surface area (Å²) in [6, 6.07) is 11.1. The summed E-state index contributed by atoms with van der Waals surface area (Å²) >= 11 is 0. The second-order valence-corrected chi connectivity index (χ2v) is 4.82. The molecule has 0 amide bonds. The summed E-state index contributed by atoms with van der Waals surface area (Å²) in [5, 5.41) is 4.87. The highest BCUT2D eigenvalue weighted by Gasteiger charge is 2.13. The van der Waals surface area contributed by atoms with Crippen molar-refractivity contribution in [1.82, 2.24) is 10.3 Å². The predicted octanol–water partition coefficient (Wildman–Crippen LogP) is 3.44. The minimum Gasteiger partial charge on any atom is -0.310 e. The minimum atomic E-state index is 0.495. The smallest absolute Gasteiger partial charge is 0.0702 e. The van der Waals surface area contributed by atoms with Crippen LogP contribution in [0.5, 0.6) is 0 Å². The second kappa shape index (κ2) is 4.84. The van der Waals surface area contributed by atoms with Gasteiger partial charge in [-0.2, -0.15) is 0 Å². The van der Waals surface area contributed by atoms with Crippen LogP contribution in [-0.4, -0.2) is 11.5 Å². The first-order valence-electron chi connectivity index (χ1n) is 6.51. The SMILES string of the molecule is c1ccc2ncc(C3CCCCCN3)cc2c1. The average molecular weight is 226 g/mol.